The molecule has 6 heteroatoms. The van der Waals surface area contributed by atoms with Crippen molar-refractivity contribution in [3.63, 3.8) is 0 Å². The van der Waals surface area contributed by atoms with Gasteiger partial charge in [-0.1, -0.05) is 71.3 Å². The average molecular weight is 398 g/mol. The Morgan fingerprint density at radius 3 is 1.89 bits per heavy atom. The summed E-state index contributed by atoms with van der Waals surface area (Å²) in [4.78, 5) is 25.2. The largest absolute Gasteiger partial charge is 0.481 e. The second-order valence-electron chi connectivity index (χ2n) is 9.09. The molecule has 0 radical (unpaired) electrons. The molecule has 0 aliphatic rings. The minimum atomic E-state index is -0.911. The third kappa shape index (κ3) is 5.45. The fourth-order valence-electron chi connectivity index (χ4n) is 4.40. The Morgan fingerprint density at radius 1 is 0.963 bits per heavy atom. The lowest BCUT2D eigenvalue weighted by atomic mass is 9.57. The molecule has 0 aromatic heterocycles. The molecular weight excluding hydrogens is 366 g/mol. The lowest BCUT2D eigenvalue weighted by molar-refractivity contribution is -0.155. The molecule has 0 saturated heterocycles. The quantitative estimate of drug-likeness (QED) is 0.650. The van der Waals surface area contributed by atoms with Gasteiger partial charge in [0.25, 0.3) is 0 Å². The number of carbonyl (C=O) groups is 2. The zero-order chi connectivity index (χ0) is 21.0. The summed E-state index contributed by atoms with van der Waals surface area (Å²) >= 11 is 6.36. The van der Waals surface area contributed by atoms with E-state index in [4.69, 9.17) is 11.6 Å². The van der Waals surface area contributed by atoms with E-state index in [0.717, 1.165) is 5.56 Å². The summed E-state index contributed by atoms with van der Waals surface area (Å²) in [5.41, 5.74) is -0.791. The number of hydrogen-bond acceptors (Lipinski definition) is 3. The van der Waals surface area contributed by atoms with E-state index in [1.54, 1.807) is 6.07 Å². The van der Waals surface area contributed by atoms with Crippen molar-refractivity contribution in [3.05, 3.63) is 34.9 Å². The van der Waals surface area contributed by atoms with Crippen LogP contribution in [0.2, 0.25) is 5.02 Å². The highest BCUT2D eigenvalue weighted by Gasteiger charge is 2.55. The third-order valence-corrected chi connectivity index (χ3v) is 5.71. The van der Waals surface area contributed by atoms with Crippen molar-refractivity contribution in [2.75, 3.05) is 6.54 Å². The molecule has 0 saturated carbocycles. The highest BCUT2D eigenvalue weighted by Crippen LogP contribution is 2.51. The van der Waals surface area contributed by atoms with Gasteiger partial charge >= 0.3 is 11.9 Å². The zero-order valence-corrected chi connectivity index (χ0v) is 17.9. The Labute approximate surface area is 167 Å². The predicted molar refractivity (Wildman–Crippen MR) is 108 cm³/mol. The summed E-state index contributed by atoms with van der Waals surface area (Å²) in [6.07, 6.45) is -0.165. The summed E-state index contributed by atoms with van der Waals surface area (Å²) in [7, 11) is 0. The summed E-state index contributed by atoms with van der Waals surface area (Å²) in [5.74, 6) is -1.81. The van der Waals surface area contributed by atoms with Crippen LogP contribution in [0.1, 0.15) is 59.9 Å². The second kappa shape index (κ2) is 8.61. The number of benzene rings is 1. The minimum absolute atomic E-state index is 0.0714. The number of carboxylic acid groups (broad SMARTS) is 2. The van der Waals surface area contributed by atoms with E-state index in [1.165, 1.54) is 0 Å². The van der Waals surface area contributed by atoms with E-state index in [2.05, 4.69) is 0 Å². The predicted octanol–water partition coefficient (Wildman–Crippen LogP) is 4.92. The number of nitrogens with zero attached hydrogens (tertiary/aromatic N) is 1. The topological polar surface area (TPSA) is 77.8 Å². The van der Waals surface area contributed by atoms with Crippen LogP contribution in [0, 0.1) is 10.8 Å². The molecule has 2 N–H and O–H groups in total. The summed E-state index contributed by atoms with van der Waals surface area (Å²) in [5, 5.41) is 19.6. The Morgan fingerprint density at radius 2 is 1.48 bits per heavy atom. The number of aliphatic carboxylic acids is 2. The molecule has 1 rings (SSSR count). The fraction of sp³-hybridized carbons (Fsp3) is 0.619. The fourth-order valence-corrected chi connectivity index (χ4v) is 4.60. The second-order valence-corrected chi connectivity index (χ2v) is 9.49. The Hall–Kier alpha value is -1.59. The molecule has 1 aromatic carbocycles. The molecule has 0 aliphatic carbocycles. The van der Waals surface area contributed by atoms with Crippen molar-refractivity contribution in [3.8, 4) is 0 Å². The molecule has 0 fully saturated rings. The van der Waals surface area contributed by atoms with Crippen LogP contribution < -0.4 is 0 Å². The maximum Gasteiger partial charge on any atom is 0.305 e. The van der Waals surface area contributed by atoms with Gasteiger partial charge < -0.3 is 10.2 Å². The first-order valence-electron chi connectivity index (χ1n) is 9.14. The van der Waals surface area contributed by atoms with Crippen LogP contribution in [0.4, 0.5) is 0 Å². The molecule has 0 amide bonds. The maximum atomic E-state index is 11.9. The van der Waals surface area contributed by atoms with E-state index < -0.39 is 28.3 Å². The van der Waals surface area contributed by atoms with Crippen LogP contribution in [0.3, 0.4) is 0 Å². The smallest absolute Gasteiger partial charge is 0.305 e. The standard InChI is InChI=1S/C21H32ClNO4/c1-19(2,3)21(13-18(26)27,20(4,5)6)23(12-11-17(24)25)14-15-9-7-8-10-16(15)22/h7-10H,11-14H2,1-6H3,(H,24,25)(H,26,27). The maximum absolute atomic E-state index is 11.9. The van der Waals surface area contributed by atoms with Gasteiger partial charge in [-0.05, 0) is 22.5 Å². The normalized spacial score (nSPS) is 13.0. The molecule has 0 bridgehead atoms. The Kier molecular flexibility index (Phi) is 7.48. The van der Waals surface area contributed by atoms with E-state index in [9.17, 15) is 19.8 Å². The van der Waals surface area contributed by atoms with Gasteiger partial charge in [0.15, 0.2) is 0 Å². The highest BCUT2D eigenvalue weighted by molar-refractivity contribution is 6.31. The first-order chi connectivity index (χ1) is 12.2. The molecule has 0 heterocycles. The van der Waals surface area contributed by atoms with Crippen LogP contribution in [0.5, 0.6) is 0 Å². The van der Waals surface area contributed by atoms with Crippen LogP contribution in [0.15, 0.2) is 24.3 Å². The van der Waals surface area contributed by atoms with Crippen molar-refractivity contribution in [1.82, 2.24) is 4.90 Å². The number of hydrogen-bond donors (Lipinski definition) is 2. The number of carboxylic acids is 2. The molecule has 0 atom stereocenters. The monoisotopic (exact) mass is 397 g/mol. The van der Waals surface area contributed by atoms with Gasteiger partial charge in [-0.25, -0.2) is 0 Å². The van der Waals surface area contributed by atoms with Gasteiger partial charge in [0.1, 0.15) is 0 Å². The number of rotatable bonds is 8. The summed E-state index contributed by atoms with van der Waals surface area (Å²) in [6.45, 7) is 12.7. The first kappa shape index (κ1) is 23.4. The molecule has 152 valence electrons. The zero-order valence-electron chi connectivity index (χ0n) is 17.2. The molecule has 0 unspecified atom stereocenters. The van der Waals surface area contributed by atoms with E-state index >= 15 is 0 Å². The van der Waals surface area contributed by atoms with Crippen molar-refractivity contribution in [1.29, 1.82) is 0 Å². The van der Waals surface area contributed by atoms with E-state index in [0.29, 0.717) is 11.6 Å². The van der Waals surface area contributed by atoms with Gasteiger partial charge in [-0.3, -0.25) is 14.5 Å². The van der Waals surface area contributed by atoms with Crippen molar-refractivity contribution < 1.29 is 19.8 Å². The van der Waals surface area contributed by atoms with Gasteiger partial charge in [-0.15, -0.1) is 0 Å². The first-order valence-corrected chi connectivity index (χ1v) is 9.52. The van der Waals surface area contributed by atoms with Gasteiger partial charge in [0.2, 0.25) is 0 Å². The molecule has 0 aliphatic heterocycles. The number of halogens is 1. The summed E-state index contributed by atoms with van der Waals surface area (Å²) in [6, 6.07) is 7.40. The Balaban J connectivity index is 3.59. The van der Waals surface area contributed by atoms with E-state index in [-0.39, 0.29) is 19.4 Å². The SMILES string of the molecule is CC(C)(C)C(CC(=O)O)(N(CCC(=O)O)Cc1ccccc1Cl)C(C)(C)C. The van der Waals surface area contributed by atoms with E-state index in [1.807, 2.05) is 64.6 Å². The molecule has 0 spiro atoms. The van der Waals surface area contributed by atoms with Crippen molar-refractivity contribution in [2.24, 2.45) is 10.8 Å². The van der Waals surface area contributed by atoms with Crippen LogP contribution in [-0.2, 0) is 16.1 Å². The summed E-state index contributed by atoms with van der Waals surface area (Å²) < 4.78 is 0. The minimum Gasteiger partial charge on any atom is -0.481 e. The van der Waals surface area contributed by atoms with Crippen LogP contribution in [-0.4, -0.2) is 39.1 Å². The van der Waals surface area contributed by atoms with Crippen molar-refractivity contribution >= 4 is 23.5 Å². The molecule has 5 nitrogen and oxygen atoms in total. The van der Waals surface area contributed by atoms with Gasteiger partial charge in [-0.2, -0.15) is 0 Å². The average Bonchev–Trinajstić information content (AvgIpc) is 2.48. The third-order valence-electron chi connectivity index (χ3n) is 5.34. The highest BCUT2D eigenvalue weighted by atomic mass is 35.5. The lowest BCUT2D eigenvalue weighted by Crippen LogP contribution is -2.65. The van der Waals surface area contributed by atoms with Gasteiger partial charge in [0, 0.05) is 23.7 Å². The molecule has 27 heavy (non-hydrogen) atoms. The lowest BCUT2D eigenvalue weighted by Gasteiger charge is -2.59. The molecular formula is C21H32ClNO4. The van der Waals surface area contributed by atoms with Crippen LogP contribution in [0.25, 0.3) is 0 Å². The molecule has 1 aromatic rings. The van der Waals surface area contributed by atoms with Crippen LogP contribution >= 0.6 is 11.6 Å². The van der Waals surface area contributed by atoms with Gasteiger partial charge in [0.05, 0.1) is 12.8 Å². The van der Waals surface area contributed by atoms with Crippen molar-refractivity contribution in [2.45, 2.75) is 66.5 Å². The Bertz CT molecular complexity index is 659.